The Labute approximate surface area is 150 Å². The van der Waals surface area contributed by atoms with Gasteiger partial charge in [0.2, 0.25) is 0 Å². The van der Waals surface area contributed by atoms with Crippen molar-refractivity contribution in [2.75, 3.05) is 13.6 Å². The number of carbonyl (C=O) groups excluding carboxylic acids is 2. The number of likely N-dealkylation sites (N-methyl/N-ethyl adjacent to an activating group) is 1. The molecule has 2 aromatic rings. The van der Waals surface area contributed by atoms with E-state index >= 15 is 0 Å². The van der Waals surface area contributed by atoms with E-state index in [1.807, 2.05) is 25.1 Å². The van der Waals surface area contributed by atoms with Gasteiger partial charge in [-0.2, -0.15) is 0 Å². The highest BCUT2D eigenvalue weighted by molar-refractivity contribution is 6.06. The average molecular weight is 353 g/mol. The van der Waals surface area contributed by atoms with Crippen LogP contribution >= 0.6 is 0 Å². The number of aryl methyl sites for hydroxylation is 1. The molecule has 0 saturated heterocycles. The van der Waals surface area contributed by atoms with E-state index < -0.39 is 17.6 Å². The van der Waals surface area contributed by atoms with Crippen molar-refractivity contribution in [3.63, 3.8) is 0 Å². The lowest BCUT2D eigenvalue weighted by Crippen LogP contribution is -2.27. The molecule has 0 radical (unpaired) electrons. The van der Waals surface area contributed by atoms with Gasteiger partial charge in [-0.1, -0.05) is 12.1 Å². The SMILES string of the molecule is Cc1cncc(Oc2ccc(CNC(=O)C3=C(O)C(=O)N(C)C3)cc2)c1. The summed E-state index contributed by atoms with van der Waals surface area (Å²) >= 11 is 0. The molecular weight excluding hydrogens is 334 g/mol. The van der Waals surface area contributed by atoms with Crippen LogP contribution in [0.2, 0.25) is 0 Å². The predicted molar refractivity (Wildman–Crippen MR) is 94.6 cm³/mol. The molecule has 2 amide bonds. The number of hydrogen-bond acceptors (Lipinski definition) is 5. The van der Waals surface area contributed by atoms with Gasteiger partial charge in [0, 0.05) is 19.8 Å². The van der Waals surface area contributed by atoms with Gasteiger partial charge in [-0.25, -0.2) is 0 Å². The van der Waals surface area contributed by atoms with Crippen molar-refractivity contribution in [2.45, 2.75) is 13.5 Å². The molecule has 1 aromatic carbocycles. The zero-order valence-corrected chi connectivity index (χ0v) is 14.5. The quantitative estimate of drug-likeness (QED) is 0.859. The third-order valence-electron chi connectivity index (χ3n) is 3.97. The van der Waals surface area contributed by atoms with Gasteiger partial charge in [-0.05, 0) is 36.2 Å². The molecule has 1 aliphatic rings. The van der Waals surface area contributed by atoms with Crippen LogP contribution in [0.3, 0.4) is 0 Å². The number of hydrogen-bond donors (Lipinski definition) is 2. The summed E-state index contributed by atoms with van der Waals surface area (Å²) in [6, 6.07) is 9.15. The molecule has 0 bridgehead atoms. The van der Waals surface area contributed by atoms with Crippen LogP contribution in [-0.2, 0) is 16.1 Å². The van der Waals surface area contributed by atoms with Gasteiger partial charge in [0.1, 0.15) is 11.5 Å². The van der Waals surface area contributed by atoms with Gasteiger partial charge in [-0.15, -0.1) is 0 Å². The maximum Gasteiger partial charge on any atom is 0.289 e. The largest absolute Gasteiger partial charge is 0.503 e. The standard InChI is InChI=1S/C19H19N3O4/c1-12-7-15(10-20-8-12)26-14-5-3-13(4-6-14)9-21-18(24)16-11-22(2)19(25)17(16)23/h3-8,10,23H,9,11H2,1-2H3,(H,21,24). The number of aliphatic hydroxyl groups excluding tert-OH is 1. The van der Waals surface area contributed by atoms with E-state index in [4.69, 9.17) is 4.74 Å². The molecule has 0 fully saturated rings. The van der Waals surface area contributed by atoms with E-state index in [9.17, 15) is 14.7 Å². The second-order valence-electron chi connectivity index (χ2n) is 6.12. The number of rotatable bonds is 5. The number of carbonyl (C=O) groups is 2. The fourth-order valence-corrected chi connectivity index (χ4v) is 2.56. The van der Waals surface area contributed by atoms with E-state index in [2.05, 4.69) is 10.3 Å². The third-order valence-corrected chi connectivity index (χ3v) is 3.97. The lowest BCUT2D eigenvalue weighted by Gasteiger charge is -2.09. The predicted octanol–water partition coefficient (Wildman–Crippen LogP) is 2.08. The van der Waals surface area contributed by atoms with Crippen molar-refractivity contribution in [1.82, 2.24) is 15.2 Å². The van der Waals surface area contributed by atoms with Crippen LogP contribution in [0.1, 0.15) is 11.1 Å². The normalized spacial score (nSPS) is 13.9. The monoisotopic (exact) mass is 353 g/mol. The minimum absolute atomic E-state index is 0.0874. The number of benzene rings is 1. The summed E-state index contributed by atoms with van der Waals surface area (Å²) < 4.78 is 5.73. The van der Waals surface area contributed by atoms with E-state index in [0.717, 1.165) is 11.1 Å². The number of aliphatic hydroxyl groups is 1. The second-order valence-corrected chi connectivity index (χ2v) is 6.12. The first kappa shape index (κ1) is 17.5. The van der Waals surface area contributed by atoms with E-state index in [1.165, 1.54) is 11.9 Å². The van der Waals surface area contributed by atoms with Gasteiger partial charge in [0.15, 0.2) is 5.76 Å². The van der Waals surface area contributed by atoms with E-state index in [1.54, 1.807) is 24.5 Å². The van der Waals surface area contributed by atoms with Gasteiger partial charge in [0.25, 0.3) is 11.8 Å². The molecule has 0 atom stereocenters. The Morgan fingerprint density at radius 3 is 2.62 bits per heavy atom. The number of pyridine rings is 1. The Kier molecular flexibility index (Phi) is 4.88. The maximum absolute atomic E-state index is 12.1. The number of aromatic nitrogens is 1. The summed E-state index contributed by atoms with van der Waals surface area (Å²) in [6.45, 7) is 2.32. The molecule has 0 saturated carbocycles. The highest BCUT2D eigenvalue weighted by Crippen LogP contribution is 2.21. The number of amides is 2. The molecule has 0 spiro atoms. The van der Waals surface area contributed by atoms with Crippen LogP contribution in [-0.4, -0.2) is 40.4 Å². The fraction of sp³-hybridized carbons (Fsp3) is 0.211. The Balaban J connectivity index is 1.58. The summed E-state index contributed by atoms with van der Waals surface area (Å²) in [4.78, 5) is 29.0. The molecule has 3 rings (SSSR count). The molecule has 0 unspecified atom stereocenters. The Hall–Kier alpha value is -3.35. The summed E-state index contributed by atoms with van der Waals surface area (Å²) in [5, 5.41) is 12.4. The van der Waals surface area contributed by atoms with Crippen molar-refractivity contribution >= 4 is 11.8 Å². The number of ether oxygens (including phenoxy) is 1. The fourth-order valence-electron chi connectivity index (χ4n) is 2.56. The summed E-state index contributed by atoms with van der Waals surface area (Å²) in [5.41, 5.74) is 1.96. The Morgan fingerprint density at radius 1 is 1.27 bits per heavy atom. The molecule has 26 heavy (non-hydrogen) atoms. The van der Waals surface area contributed by atoms with Gasteiger partial charge >= 0.3 is 0 Å². The smallest absolute Gasteiger partial charge is 0.289 e. The van der Waals surface area contributed by atoms with Crippen LogP contribution in [0.4, 0.5) is 0 Å². The topological polar surface area (TPSA) is 91.8 Å². The van der Waals surface area contributed by atoms with E-state index in [0.29, 0.717) is 11.5 Å². The maximum atomic E-state index is 12.1. The highest BCUT2D eigenvalue weighted by atomic mass is 16.5. The third kappa shape index (κ3) is 3.83. The molecule has 1 aliphatic heterocycles. The average Bonchev–Trinajstić information content (AvgIpc) is 2.88. The summed E-state index contributed by atoms with van der Waals surface area (Å²) in [7, 11) is 1.53. The Bertz CT molecular complexity index is 875. The van der Waals surface area contributed by atoms with Crippen LogP contribution in [0.25, 0.3) is 0 Å². The van der Waals surface area contributed by atoms with Crippen LogP contribution < -0.4 is 10.1 Å². The first-order chi connectivity index (χ1) is 12.4. The van der Waals surface area contributed by atoms with E-state index in [-0.39, 0.29) is 18.7 Å². The lowest BCUT2D eigenvalue weighted by atomic mass is 10.2. The lowest BCUT2D eigenvalue weighted by molar-refractivity contribution is -0.126. The van der Waals surface area contributed by atoms with Gasteiger partial charge in [0.05, 0.1) is 18.3 Å². The zero-order chi connectivity index (χ0) is 18.7. The summed E-state index contributed by atoms with van der Waals surface area (Å²) in [5.74, 6) is -0.159. The number of nitrogens with zero attached hydrogens (tertiary/aromatic N) is 2. The molecule has 1 aromatic heterocycles. The first-order valence-electron chi connectivity index (χ1n) is 8.08. The van der Waals surface area contributed by atoms with Crippen LogP contribution in [0, 0.1) is 6.92 Å². The Morgan fingerprint density at radius 2 is 2.00 bits per heavy atom. The van der Waals surface area contributed by atoms with Crippen molar-refractivity contribution < 1.29 is 19.4 Å². The number of nitrogens with one attached hydrogen (secondary N) is 1. The molecule has 2 heterocycles. The van der Waals surface area contributed by atoms with Gasteiger partial charge < -0.3 is 20.1 Å². The zero-order valence-electron chi connectivity index (χ0n) is 14.5. The van der Waals surface area contributed by atoms with Crippen molar-refractivity contribution in [3.05, 3.63) is 65.2 Å². The van der Waals surface area contributed by atoms with Crippen molar-refractivity contribution in [3.8, 4) is 11.5 Å². The minimum Gasteiger partial charge on any atom is -0.503 e. The molecule has 2 N–H and O–H groups in total. The second kappa shape index (κ2) is 7.26. The van der Waals surface area contributed by atoms with Gasteiger partial charge in [-0.3, -0.25) is 14.6 Å². The summed E-state index contributed by atoms with van der Waals surface area (Å²) in [6.07, 6.45) is 3.39. The van der Waals surface area contributed by atoms with Crippen LogP contribution in [0.15, 0.2) is 54.1 Å². The highest BCUT2D eigenvalue weighted by Gasteiger charge is 2.31. The minimum atomic E-state index is -0.540. The molecule has 0 aliphatic carbocycles. The first-order valence-corrected chi connectivity index (χ1v) is 8.08. The molecule has 7 nitrogen and oxygen atoms in total. The van der Waals surface area contributed by atoms with Crippen molar-refractivity contribution in [1.29, 1.82) is 0 Å². The molecule has 134 valence electrons. The molecule has 7 heteroatoms. The molecular formula is C19H19N3O4. The van der Waals surface area contributed by atoms with Crippen molar-refractivity contribution in [2.24, 2.45) is 0 Å². The van der Waals surface area contributed by atoms with Crippen LogP contribution in [0.5, 0.6) is 11.5 Å².